The maximum absolute atomic E-state index is 11.1. The van der Waals surface area contributed by atoms with Crippen molar-refractivity contribution in [3.05, 3.63) is 0 Å². The van der Waals surface area contributed by atoms with E-state index in [1.807, 2.05) is 13.8 Å². The lowest BCUT2D eigenvalue weighted by Gasteiger charge is -2.39. The normalized spacial score (nSPS) is 32.7. The second-order valence-electron chi connectivity index (χ2n) is 5.29. The van der Waals surface area contributed by atoms with Crippen molar-refractivity contribution >= 4 is 16.9 Å². The van der Waals surface area contributed by atoms with Crippen molar-refractivity contribution < 1.29 is 9.90 Å². The monoisotopic (exact) mass is 230 g/mol. The van der Waals surface area contributed by atoms with Crippen LogP contribution in [0.3, 0.4) is 0 Å². The van der Waals surface area contributed by atoms with Crippen LogP contribution in [-0.4, -0.2) is 21.1 Å². The smallest absolute Gasteiger partial charge is 0.186 e. The molecule has 2 nitrogen and oxygen atoms in total. The van der Waals surface area contributed by atoms with Crippen LogP contribution in [0.2, 0.25) is 0 Å². The number of hydrogen-bond acceptors (Lipinski definition) is 3. The quantitative estimate of drug-likeness (QED) is 0.792. The molecule has 0 aliphatic heterocycles. The van der Waals surface area contributed by atoms with Crippen LogP contribution >= 0.6 is 11.8 Å². The third kappa shape index (κ3) is 3.80. The minimum Gasteiger partial charge on any atom is -0.390 e. The van der Waals surface area contributed by atoms with Crippen LogP contribution in [0.1, 0.15) is 47.0 Å². The highest BCUT2D eigenvalue weighted by atomic mass is 32.2. The Hall–Kier alpha value is -0.0200. The molecule has 0 amide bonds. The summed E-state index contributed by atoms with van der Waals surface area (Å²) < 4.78 is 0. The van der Waals surface area contributed by atoms with E-state index in [1.165, 1.54) is 11.8 Å². The molecule has 1 aliphatic rings. The number of rotatable bonds is 2. The summed E-state index contributed by atoms with van der Waals surface area (Å²) in [5, 5.41) is 10.6. The van der Waals surface area contributed by atoms with Crippen molar-refractivity contribution in [2.24, 2.45) is 11.8 Å². The predicted octanol–water partition coefficient (Wildman–Crippen LogP) is 2.84. The Morgan fingerprint density at radius 1 is 1.40 bits per heavy atom. The summed E-state index contributed by atoms with van der Waals surface area (Å²) in [5.41, 5.74) is -0.601. The number of hydrogen-bond donors (Lipinski definition) is 1. The molecule has 3 atom stereocenters. The van der Waals surface area contributed by atoms with Crippen LogP contribution in [0.5, 0.6) is 0 Å². The Kier molecular flexibility index (Phi) is 4.24. The fraction of sp³-hybridized carbons (Fsp3) is 0.917. The molecule has 0 bridgehead atoms. The molecular weight excluding hydrogens is 208 g/mol. The molecule has 1 aliphatic carbocycles. The molecule has 1 N–H and O–H groups in total. The lowest BCUT2D eigenvalue weighted by atomic mass is 9.75. The number of thioether (sulfide) groups is 1. The van der Waals surface area contributed by atoms with Gasteiger partial charge in [-0.1, -0.05) is 18.7 Å². The Morgan fingerprint density at radius 3 is 2.47 bits per heavy atom. The molecule has 1 fully saturated rings. The third-order valence-corrected chi connectivity index (χ3v) is 4.73. The van der Waals surface area contributed by atoms with Gasteiger partial charge in [0.25, 0.3) is 0 Å². The van der Waals surface area contributed by atoms with Crippen LogP contribution in [0.15, 0.2) is 0 Å². The molecule has 0 aromatic heterocycles. The average Bonchev–Trinajstić information content (AvgIpc) is 2.06. The highest BCUT2D eigenvalue weighted by Gasteiger charge is 2.36. The molecule has 0 saturated heterocycles. The molecule has 15 heavy (non-hydrogen) atoms. The zero-order valence-corrected chi connectivity index (χ0v) is 10.9. The molecule has 2 unspecified atom stereocenters. The van der Waals surface area contributed by atoms with Gasteiger partial charge in [-0.15, -0.1) is 0 Å². The number of aliphatic hydroxyl groups is 1. The van der Waals surface area contributed by atoms with Gasteiger partial charge in [0.05, 0.1) is 5.60 Å². The highest BCUT2D eigenvalue weighted by molar-refractivity contribution is 8.14. The summed E-state index contributed by atoms with van der Waals surface area (Å²) in [6, 6.07) is 0. The van der Waals surface area contributed by atoms with Crippen molar-refractivity contribution in [3.63, 3.8) is 0 Å². The van der Waals surface area contributed by atoms with Crippen molar-refractivity contribution in [2.45, 2.75) is 57.8 Å². The fourth-order valence-corrected chi connectivity index (χ4v) is 3.42. The van der Waals surface area contributed by atoms with Gasteiger partial charge in [-0.25, -0.2) is 0 Å². The molecule has 0 spiro atoms. The summed E-state index contributed by atoms with van der Waals surface area (Å²) in [5.74, 6) is 0.933. The molecule has 3 heteroatoms. The molecule has 1 saturated carbocycles. The van der Waals surface area contributed by atoms with Crippen LogP contribution in [-0.2, 0) is 4.79 Å². The molecule has 1 rings (SSSR count). The van der Waals surface area contributed by atoms with E-state index in [9.17, 15) is 9.90 Å². The minimum atomic E-state index is -0.601. The van der Waals surface area contributed by atoms with E-state index in [2.05, 4.69) is 6.92 Å². The largest absolute Gasteiger partial charge is 0.390 e. The van der Waals surface area contributed by atoms with Gasteiger partial charge in [0.1, 0.15) is 0 Å². The van der Waals surface area contributed by atoms with Gasteiger partial charge in [0.15, 0.2) is 5.12 Å². The predicted molar refractivity (Wildman–Crippen MR) is 64.9 cm³/mol. The van der Waals surface area contributed by atoms with E-state index in [0.29, 0.717) is 17.1 Å². The van der Waals surface area contributed by atoms with Gasteiger partial charge >= 0.3 is 0 Å². The van der Waals surface area contributed by atoms with Gasteiger partial charge < -0.3 is 5.11 Å². The van der Waals surface area contributed by atoms with E-state index in [1.54, 1.807) is 6.92 Å². The van der Waals surface area contributed by atoms with Gasteiger partial charge in [-0.05, 0) is 44.9 Å². The van der Waals surface area contributed by atoms with Gasteiger partial charge in [-0.3, -0.25) is 4.79 Å². The molecule has 0 heterocycles. The fourth-order valence-electron chi connectivity index (χ4n) is 2.30. The van der Waals surface area contributed by atoms with Crippen molar-refractivity contribution in [2.75, 3.05) is 0 Å². The Morgan fingerprint density at radius 2 is 2.00 bits per heavy atom. The van der Waals surface area contributed by atoms with Crippen molar-refractivity contribution in [1.29, 1.82) is 0 Å². The average molecular weight is 230 g/mol. The van der Waals surface area contributed by atoms with Crippen LogP contribution in [0.25, 0.3) is 0 Å². The zero-order valence-electron chi connectivity index (χ0n) is 10.1. The number of carbonyl (C=O) groups excluding carboxylic acids is 1. The first-order chi connectivity index (χ1) is 6.80. The minimum absolute atomic E-state index is 0.197. The van der Waals surface area contributed by atoms with Gasteiger partial charge in [0, 0.05) is 12.2 Å². The second kappa shape index (κ2) is 4.88. The maximum Gasteiger partial charge on any atom is 0.186 e. The number of carbonyl (C=O) groups is 1. The first-order valence-electron chi connectivity index (χ1n) is 5.70. The maximum atomic E-state index is 11.1. The molecule has 0 aromatic rings. The van der Waals surface area contributed by atoms with Crippen LogP contribution in [0.4, 0.5) is 0 Å². The topological polar surface area (TPSA) is 37.3 Å². The second-order valence-corrected chi connectivity index (χ2v) is 6.70. The molecule has 88 valence electrons. The molecule has 0 radical (unpaired) electrons. The van der Waals surface area contributed by atoms with Crippen molar-refractivity contribution in [1.82, 2.24) is 0 Å². The van der Waals surface area contributed by atoms with Gasteiger partial charge in [0.2, 0.25) is 0 Å². The summed E-state index contributed by atoms with van der Waals surface area (Å²) in [6.45, 7) is 7.60. The Labute approximate surface area is 96.8 Å². The van der Waals surface area contributed by atoms with Crippen molar-refractivity contribution in [3.8, 4) is 0 Å². The van der Waals surface area contributed by atoms with E-state index >= 15 is 0 Å². The zero-order chi connectivity index (χ0) is 11.6. The lowest BCUT2D eigenvalue weighted by molar-refractivity contribution is -0.109. The highest BCUT2D eigenvalue weighted by Crippen LogP contribution is 2.40. The summed E-state index contributed by atoms with van der Waals surface area (Å²) in [6.07, 6.45) is 3.17. The van der Waals surface area contributed by atoms with Crippen LogP contribution < -0.4 is 0 Å². The summed E-state index contributed by atoms with van der Waals surface area (Å²) in [4.78, 5) is 11.1. The first-order valence-corrected chi connectivity index (χ1v) is 6.58. The van der Waals surface area contributed by atoms with E-state index in [-0.39, 0.29) is 5.12 Å². The molecular formula is C12H22O2S. The van der Waals surface area contributed by atoms with E-state index < -0.39 is 5.60 Å². The molecule has 0 aromatic carbocycles. The summed E-state index contributed by atoms with van der Waals surface area (Å²) in [7, 11) is 0. The SMILES string of the molecule is CC(=O)SC1C[C@H](C(C)(C)O)CCC1C. The summed E-state index contributed by atoms with van der Waals surface area (Å²) >= 11 is 1.45. The standard InChI is InChI=1S/C12H22O2S/c1-8-5-6-10(12(3,4)14)7-11(8)15-9(2)13/h8,10-11,14H,5-7H2,1-4H3/t8?,10-,11?/m1/s1. The first kappa shape index (κ1) is 13.0. The Balaban J connectivity index is 2.60. The van der Waals surface area contributed by atoms with Crippen LogP contribution in [0, 0.1) is 11.8 Å². The van der Waals surface area contributed by atoms with E-state index in [4.69, 9.17) is 0 Å². The third-order valence-electron chi connectivity index (χ3n) is 3.44. The lowest BCUT2D eigenvalue weighted by Crippen LogP contribution is -2.38. The van der Waals surface area contributed by atoms with Gasteiger partial charge in [-0.2, -0.15) is 0 Å². The Bertz CT molecular complexity index is 232. The van der Waals surface area contributed by atoms with E-state index in [0.717, 1.165) is 19.3 Å².